The molecule has 2 aromatic carbocycles. The number of thiophene rings is 1. The Kier molecular flexibility index (Phi) is 6.33. The largest absolute Gasteiger partial charge is 0.301 e. The molecule has 0 spiro atoms. The van der Waals surface area contributed by atoms with E-state index in [2.05, 4.69) is 11.9 Å². The number of aromatic nitrogens is 2. The van der Waals surface area contributed by atoms with Gasteiger partial charge in [0.05, 0.1) is 15.4 Å². The van der Waals surface area contributed by atoms with Gasteiger partial charge in [-0.3, -0.25) is 9.59 Å². The fourth-order valence-corrected chi connectivity index (χ4v) is 6.49. The van der Waals surface area contributed by atoms with E-state index in [0.29, 0.717) is 26.1 Å². The molecule has 2 aromatic heterocycles. The number of carbonyl (C=O) groups is 1. The summed E-state index contributed by atoms with van der Waals surface area (Å²) in [4.78, 5) is 36.2. The Balaban J connectivity index is 1.66. The first-order valence-corrected chi connectivity index (χ1v) is 12.9. The van der Waals surface area contributed by atoms with E-state index in [0.717, 1.165) is 35.5 Å². The lowest BCUT2D eigenvalue weighted by Crippen LogP contribution is -2.31. The minimum Gasteiger partial charge on any atom is -0.301 e. The number of halogens is 2. The molecule has 0 atom stereocenters. The quantitative estimate of drug-likeness (QED) is 0.256. The summed E-state index contributed by atoms with van der Waals surface area (Å²) in [5.41, 5.74) is 2.06. The highest BCUT2D eigenvalue weighted by molar-refractivity contribution is 7.98. The summed E-state index contributed by atoms with van der Waals surface area (Å²) in [5, 5.41) is 1.54. The third-order valence-electron chi connectivity index (χ3n) is 5.61. The molecule has 0 radical (unpaired) electrons. The second-order valence-electron chi connectivity index (χ2n) is 7.91. The Morgan fingerprint density at radius 1 is 1.15 bits per heavy atom. The maximum Gasteiger partial charge on any atom is 0.270 e. The van der Waals surface area contributed by atoms with Gasteiger partial charge in [0.1, 0.15) is 4.83 Å². The van der Waals surface area contributed by atoms with Crippen LogP contribution in [0.3, 0.4) is 0 Å². The number of carbonyl (C=O) groups excluding carboxylic acids is 1. The van der Waals surface area contributed by atoms with Gasteiger partial charge in [-0.25, -0.2) is 9.55 Å². The highest BCUT2D eigenvalue weighted by Crippen LogP contribution is 2.34. The summed E-state index contributed by atoms with van der Waals surface area (Å²) in [6.07, 6.45) is 0.764. The van der Waals surface area contributed by atoms with Crippen LogP contribution in [-0.2, 0) is 18.7 Å². The van der Waals surface area contributed by atoms with Crippen LogP contribution in [0, 0.1) is 0 Å². The van der Waals surface area contributed by atoms with Gasteiger partial charge >= 0.3 is 0 Å². The van der Waals surface area contributed by atoms with Crippen molar-refractivity contribution in [2.45, 2.75) is 23.9 Å². The highest BCUT2D eigenvalue weighted by atomic mass is 35.5. The van der Waals surface area contributed by atoms with Crippen molar-refractivity contribution < 1.29 is 4.79 Å². The third-order valence-corrected chi connectivity index (χ3v) is 8.47. The number of rotatable bonds is 4. The number of likely N-dealkylation sites (N-methyl/N-ethyl adjacent to an activating group) is 1. The van der Waals surface area contributed by atoms with Gasteiger partial charge in [0.15, 0.2) is 5.16 Å². The van der Waals surface area contributed by atoms with Crippen LogP contribution in [0.5, 0.6) is 0 Å². The maximum atomic E-state index is 13.8. The van der Waals surface area contributed by atoms with Crippen LogP contribution in [0.25, 0.3) is 10.2 Å². The van der Waals surface area contributed by atoms with Crippen molar-refractivity contribution in [1.82, 2.24) is 14.5 Å². The van der Waals surface area contributed by atoms with Gasteiger partial charge in [0.2, 0.25) is 0 Å². The van der Waals surface area contributed by atoms with Crippen LogP contribution in [0.4, 0.5) is 0 Å². The first-order valence-electron chi connectivity index (χ1n) is 10.3. The third kappa shape index (κ3) is 4.36. The normalized spacial score (nSPS) is 13.9. The van der Waals surface area contributed by atoms with E-state index in [-0.39, 0.29) is 16.1 Å². The summed E-state index contributed by atoms with van der Waals surface area (Å²) in [5.74, 6) is 0.123. The number of hydrogen-bond acceptors (Lipinski definition) is 6. The van der Waals surface area contributed by atoms with Crippen LogP contribution in [-0.4, -0.2) is 34.0 Å². The van der Waals surface area contributed by atoms with Gasteiger partial charge in [0, 0.05) is 29.3 Å². The zero-order valence-corrected chi connectivity index (χ0v) is 20.8. The molecule has 0 N–H and O–H groups in total. The fraction of sp³-hybridized carbons (Fsp3) is 0.208. The van der Waals surface area contributed by atoms with Crippen molar-refractivity contribution in [2.24, 2.45) is 0 Å². The van der Waals surface area contributed by atoms with Gasteiger partial charge in [-0.1, -0.05) is 65.3 Å². The van der Waals surface area contributed by atoms with Gasteiger partial charge in [-0.15, -0.1) is 11.3 Å². The Hall–Kier alpha value is -2.16. The monoisotopic (exact) mass is 515 g/mol. The smallest absolute Gasteiger partial charge is 0.270 e. The van der Waals surface area contributed by atoms with Crippen molar-refractivity contribution >= 4 is 62.4 Å². The van der Waals surface area contributed by atoms with E-state index in [4.69, 9.17) is 28.2 Å². The first kappa shape index (κ1) is 22.6. The summed E-state index contributed by atoms with van der Waals surface area (Å²) < 4.78 is 1.20. The molecule has 0 aliphatic carbocycles. The van der Waals surface area contributed by atoms with Crippen molar-refractivity contribution in [2.75, 3.05) is 13.6 Å². The van der Waals surface area contributed by atoms with Crippen molar-refractivity contribution in [3.05, 3.63) is 90.5 Å². The zero-order chi connectivity index (χ0) is 23.1. The van der Waals surface area contributed by atoms with E-state index in [1.165, 1.54) is 22.4 Å². The summed E-state index contributed by atoms with van der Waals surface area (Å²) in [6.45, 7) is 1.65. The standard InChI is InChI=1S/C24H19Cl2N3O2S2/c1-28-10-9-16-19(12-28)33-21-20(16)23(31)29(22(30)15-7-8-17(25)18(26)11-15)24(27-21)32-13-14-5-3-2-4-6-14/h2-8,11H,9-10,12-13H2,1H3. The average Bonchev–Trinajstić information content (AvgIpc) is 3.17. The molecule has 0 unspecified atom stereocenters. The minimum absolute atomic E-state index is 0.263. The molecule has 168 valence electrons. The van der Waals surface area contributed by atoms with E-state index in [1.54, 1.807) is 23.5 Å². The lowest BCUT2D eigenvalue weighted by atomic mass is 10.1. The summed E-state index contributed by atoms with van der Waals surface area (Å²) in [7, 11) is 2.06. The van der Waals surface area contributed by atoms with Crippen molar-refractivity contribution in [1.29, 1.82) is 0 Å². The van der Waals surface area contributed by atoms with Gasteiger partial charge < -0.3 is 4.90 Å². The molecule has 0 saturated heterocycles. The molecule has 0 bridgehead atoms. The first-order chi connectivity index (χ1) is 15.9. The lowest BCUT2D eigenvalue weighted by molar-refractivity contribution is 0.0944. The molecule has 5 rings (SSSR count). The molecule has 0 fully saturated rings. The number of fused-ring (bicyclic) bond motifs is 3. The predicted octanol–water partition coefficient (Wildman–Crippen LogP) is 5.73. The molecule has 1 aliphatic rings. The Bertz CT molecular complexity index is 1430. The number of thioether (sulfide) groups is 1. The van der Waals surface area contributed by atoms with Crippen LogP contribution in [0.15, 0.2) is 58.5 Å². The Morgan fingerprint density at radius 3 is 2.70 bits per heavy atom. The second-order valence-corrected chi connectivity index (χ2v) is 10.8. The molecule has 1 aliphatic heterocycles. The zero-order valence-electron chi connectivity index (χ0n) is 17.7. The second kappa shape index (κ2) is 9.24. The fourth-order valence-electron chi connectivity index (χ4n) is 3.91. The molecule has 5 nitrogen and oxygen atoms in total. The predicted molar refractivity (Wildman–Crippen MR) is 136 cm³/mol. The average molecular weight is 516 g/mol. The molecule has 0 saturated carbocycles. The number of nitrogens with zero attached hydrogens (tertiary/aromatic N) is 3. The number of hydrogen-bond donors (Lipinski definition) is 0. The van der Waals surface area contributed by atoms with E-state index in [1.807, 2.05) is 30.3 Å². The van der Waals surface area contributed by atoms with E-state index >= 15 is 0 Å². The van der Waals surface area contributed by atoms with Crippen LogP contribution in [0.2, 0.25) is 10.0 Å². The van der Waals surface area contributed by atoms with Crippen LogP contribution in [0.1, 0.15) is 26.4 Å². The molecule has 9 heteroatoms. The molecular weight excluding hydrogens is 497 g/mol. The van der Waals surface area contributed by atoms with E-state index < -0.39 is 5.91 Å². The topological polar surface area (TPSA) is 55.2 Å². The molecule has 3 heterocycles. The maximum absolute atomic E-state index is 13.8. The lowest BCUT2D eigenvalue weighted by Gasteiger charge is -2.21. The van der Waals surface area contributed by atoms with E-state index in [9.17, 15) is 9.59 Å². The summed E-state index contributed by atoms with van der Waals surface area (Å²) in [6, 6.07) is 14.5. The molecule has 4 aromatic rings. The highest BCUT2D eigenvalue weighted by Gasteiger charge is 2.26. The van der Waals surface area contributed by atoms with Crippen LogP contribution >= 0.6 is 46.3 Å². The SMILES string of the molecule is CN1CCc2c(sc3nc(SCc4ccccc4)n(C(=O)c4ccc(Cl)c(Cl)c4)c(=O)c23)C1. The Labute approximate surface area is 209 Å². The van der Waals surface area contributed by atoms with Crippen molar-refractivity contribution in [3.63, 3.8) is 0 Å². The molecule has 0 amide bonds. The van der Waals surface area contributed by atoms with Gasteiger partial charge in [-0.2, -0.15) is 0 Å². The van der Waals surface area contributed by atoms with Gasteiger partial charge in [-0.05, 0) is 42.8 Å². The van der Waals surface area contributed by atoms with Crippen LogP contribution < -0.4 is 5.56 Å². The summed E-state index contributed by atoms with van der Waals surface area (Å²) >= 11 is 15.1. The number of benzene rings is 2. The Morgan fingerprint density at radius 2 is 1.94 bits per heavy atom. The molecular formula is C24H19Cl2N3O2S2. The van der Waals surface area contributed by atoms with Crippen molar-refractivity contribution in [3.8, 4) is 0 Å². The minimum atomic E-state index is -0.462. The van der Waals surface area contributed by atoms with Gasteiger partial charge in [0.25, 0.3) is 11.5 Å². The molecule has 33 heavy (non-hydrogen) atoms.